The summed E-state index contributed by atoms with van der Waals surface area (Å²) in [5, 5.41) is 0.574. The van der Waals surface area contributed by atoms with Gasteiger partial charge in [-0.05, 0) is 93.4 Å². The summed E-state index contributed by atoms with van der Waals surface area (Å²) in [7, 11) is 0. The molecule has 0 unspecified atom stereocenters. The monoisotopic (exact) mass is 574 g/mol. The fraction of sp³-hybridized carbons (Fsp3) is 0.389. The van der Waals surface area contributed by atoms with Gasteiger partial charge in [0.05, 0.1) is 0 Å². The number of hydrogen-bond acceptors (Lipinski definition) is 0. The van der Waals surface area contributed by atoms with Crippen molar-refractivity contribution in [3.05, 3.63) is 112 Å². The maximum Gasteiger partial charge on any atom is 0.266 e. The molecule has 40 heavy (non-hydrogen) atoms. The van der Waals surface area contributed by atoms with E-state index in [-0.39, 0.29) is 17.8 Å². The van der Waals surface area contributed by atoms with Crippen molar-refractivity contribution in [3.8, 4) is 12.8 Å². The van der Waals surface area contributed by atoms with Crippen molar-refractivity contribution in [3.63, 3.8) is 0 Å². The Morgan fingerprint density at radius 1 is 1.00 bits per heavy atom. The molecule has 0 nitrogen and oxygen atoms in total. The second-order valence-electron chi connectivity index (χ2n) is 8.53. The van der Waals surface area contributed by atoms with Crippen LogP contribution in [0.4, 0.5) is 13.2 Å². The molecule has 0 aliphatic heterocycles. The molecule has 0 spiro atoms. The molecule has 0 bridgehead atoms. The Kier molecular flexibility index (Phi) is 24.8. The van der Waals surface area contributed by atoms with E-state index in [4.69, 9.17) is 11.6 Å². The largest absolute Gasteiger partial charge is 0.266 e. The standard InChI is InChI=1S/C20H27ClF2.C12H15F.C2H6.C2H2/c1-8-16(9-2)17(10-3)13-18(20(7,22)23)11-12-19(21)15(6)14(4)5;1-3-7-10(4-2)11-8-5-6-9-12(11)13;2*1-2/h8-10,13H,1,4,11-12H2,2-3,5-7H3;5-9H,3-4H2,1-2H3;1-2H3;1-2H/b16-9+,17-10+,18-13+,19-15-;10-7+;;. The van der Waals surface area contributed by atoms with Gasteiger partial charge in [0.1, 0.15) is 5.82 Å². The summed E-state index contributed by atoms with van der Waals surface area (Å²) in [6.07, 6.45) is 19.3. The zero-order valence-corrected chi connectivity index (χ0v) is 26.9. The Morgan fingerprint density at radius 2 is 1.52 bits per heavy atom. The van der Waals surface area contributed by atoms with Gasteiger partial charge < -0.3 is 0 Å². The number of alkyl halides is 2. The third kappa shape index (κ3) is 16.2. The van der Waals surface area contributed by atoms with Crippen molar-refractivity contribution in [1.29, 1.82) is 0 Å². The van der Waals surface area contributed by atoms with Gasteiger partial charge in [0, 0.05) is 17.5 Å². The van der Waals surface area contributed by atoms with Gasteiger partial charge in [-0.15, -0.1) is 12.8 Å². The van der Waals surface area contributed by atoms with Crippen LogP contribution in [0.2, 0.25) is 0 Å². The van der Waals surface area contributed by atoms with Crippen LogP contribution < -0.4 is 0 Å². The minimum atomic E-state index is -2.90. The normalized spacial score (nSPS) is 12.9. The molecule has 0 radical (unpaired) electrons. The maximum absolute atomic E-state index is 13.9. The van der Waals surface area contributed by atoms with E-state index in [0.717, 1.165) is 53.2 Å². The van der Waals surface area contributed by atoms with Gasteiger partial charge in [0.15, 0.2) is 0 Å². The first-order valence-electron chi connectivity index (χ1n) is 13.7. The summed E-state index contributed by atoms with van der Waals surface area (Å²) in [4.78, 5) is 0. The average molecular weight is 575 g/mol. The van der Waals surface area contributed by atoms with Gasteiger partial charge in [-0.1, -0.05) is 101 Å². The lowest BCUT2D eigenvalue weighted by atomic mass is 9.96. The van der Waals surface area contributed by atoms with Crippen LogP contribution in [-0.4, -0.2) is 5.92 Å². The molecule has 0 aliphatic rings. The number of terminal acetylenes is 1. The van der Waals surface area contributed by atoms with E-state index in [9.17, 15) is 13.2 Å². The summed E-state index contributed by atoms with van der Waals surface area (Å²) < 4.78 is 41.2. The van der Waals surface area contributed by atoms with Crippen LogP contribution in [0.5, 0.6) is 0 Å². The second-order valence-corrected chi connectivity index (χ2v) is 8.99. The summed E-state index contributed by atoms with van der Waals surface area (Å²) in [5.41, 5.74) is 5.16. The molecule has 0 atom stereocenters. The fourth-order valence-electron chi connectivity index (χ4n) is 3.42. The molecule has 1 rings (SSSR count). The van der Waals surface area contributed by atoms with E-state index < -0.39 is 5.92 Å². The van der Waals surface area contributed by atoms with Crippen LogP contribution in [0.25, 0.3) is 5.57 Å². The summed E-state index contributed by atoms with van der Waals surface area (Å²) >= 11 is 6.21. The summed E-state index contributed by atoms with van der Waals surface area (Å²) in [6.45, 7) is 24.0. The van der Waals surface area contributed by atoms with E-state index in [1.54, 1.807) is 18.2 Å². The number of rotatable bonds is 11. The molecule has 0 heterocycles. The van der Waals surface area contributed by atoms with Crippen molar-refractivity contribution in [2.24, 2.45) is 0 Å². The first-order valence-corrected chi connectivity index (χ1v) is 14.1. The highest BCUT2D eigenvalue weighted by atomic mass is 35.5. The van der Waals surface area contributed by atoms with Crippen molar-refractivity contribution < 1.29 is 13.2 Å². The van der Waals surface area contributed by atoms with E-state index in [0.29, 0.717) is 11.5 Å². The fourth-order valence-corrected chi connectivity index (χ4v) is 3.67. The molecule has 0 amide bonds. The van der Waals surface area contributed by atoms with Gasteiger partial charge in [-0.3, -0.25) is 0 Å². The maximum atomic E-state index is 13.9. The Bertz CT molecular complexity index is 1070. The molecule has 0 aliphatic carbocycles. The molecule has 0 saturated carbocycles. The third-order valence-electron chi connectivity index (χ3n) is 5.78. The minimum absolute atomic E-state index is 0.0551. The first kappa shape index (κ1) is 41.5. The second kappa shape index (κ2) is 23.9. The van der Waals surface area contributed by atoms with Crippen molar-refractivity contribution in [2.75, 3.05) is 0 Å². The van der Waals surface area contributed by atoms with Gasteiger partial charge in [-0.2, -0.15) is 0 Å². The van der Waals surface area contributed by atoms with Gasteiger partial charge in [-0.25, -0.2) is 13.2 Å². The number of benzene rings is 1. The first-order chi connectivity index (χ1) is 18.9. The highest BCUT2D eigenvalue weighted by Gasteiger charge is 2.27. The molecule has 0 aromatic heterocycles. The highest BCUT2D eigenvalue weighted by molar-refractivity contribution is 6.30. The molecule has 0 fully saturated rings. The number of hydrogen-bond donors (Lipinski definition) is 0. The Hall–Kier alpha value is -2.96. The summed E-state index contributed by atoms with van der Waals surface area (Å²) in [5.74, 6) is -3.02. The number of halogens is 4. The predicted molar refractivity (Wildman–Crippen MR) is 175 cm³/mol. The molecule has 0 N–H and O–H groups in total. The highest BCUT2D eigenvalue weighted by Crippen LogP contribution is 2.32. The molecule has 4 heteroatoms. The number of allylic oxidation sites excluding steroid dienone is 12. The Morgan fingerprint density at radius 3 is 1.90 bits per heavy atom. The van der Waals surface area contributed by atoms with Crippen LogP contribution >= 0.6 is 11.6 Å². The lowest BCUT2D eigenvalue weighted by Gasteiger charge is -2.17. The SMILES string of the molecule is C#C.C=CC(=C\C)/C(=C/C)/C=C(\CC/C(Cl)=C(\C)C(=C)C)C(C)(F)F.CC.CC/C=C(\CC)c1ccccc1F. The van der Waals surface area contributed by atoms with Crippen molar-refractivity contribution in [1.82, 2.24) is 0 Å². The third-order valence-corrected chi connectivity index (χ3v) is 6.25. The molecular formula is C36H50ClF3. The Balaban J connectivity index is -0.000000676. The predicted octanol–water partition coefficient (Wildman–Crippen LogP) is 12.8. The quantitative estimate of drug-likeness (QED) is 0.182. The topological polar surface area (TPSA) is 0 Å². The molecule has 0 saturated heterocycles. The van der Waals surface area contributed by atoms with E-state index in [1.165, 1.54) is 12.1 Å². The van der Waals surface area contributed by atoms with Gasteiger partial charge in [0.2, 0.25) is 0 Å². The van der Waals surface area contributed by atoms with Crippen molar-refractivity contribution in [2.45, 2.75) is 93.9 Å². The van der Waals surface area contributed by atoms with Crippen LogP contribution in [0.1, 0.15) is 93.6 Å². The van der Waals surface area contributed by atoms with Gasteiger partial charge >= 0.3 is 0 Å². The Labute approximate surface area is 248 Å². The molecule has 1 aromatic carbocycles. The lowest BCUT2D eigenvalue weighted by Crippen LogP contribution is -2.14. The van der Waals surface area contributed by atoms with E-state index in [1.807, 2.05) is 66.7 Å². The summed E-state index contributed by atoms with van der Waals surface area (Å²) in [6, 6.07) is 6.93. The average Bonchev–Trinajstić information content (AvgIpc) is 2.95. The van der Waals surface area contributed by atoms with E-state index in [2.05, 4.69) is 39.0 Å². The zero-order valence-electron chi connectivity index (χ0n) is 26.1. The van der Waals surface area contributed by atoms with Crippen LogP contribution in [-0.2, 0) is 0 Å². The van der Waals surface area contributed by atoms with Crippen LogP contribution in [0.3, 0.4) is 0 Å². The smallest absolute Gasteiger partial charge is 0.206 e. The molecule has 1 aromatic rings. The van der Waals surface area contributed by atoms with Crippen LogP contribution in [0, 0.1) is 18.7 Å². The van der Waals surface area contributed by atoms with E-state index >= 15 is 0 Å². The van der Waals surface area contributed by atoms with Gasteiger partial charge in [0.25, 0.3) is 5.92 Å². The molecular weight excluding hydrogens is 525 g/mol. The minimum Gasteiger partial charge on any atom is -0.206 e. The van der Waals surface area contributed by atoms with Crippen LogP contribution in [0.15, 0.2) is 101 Å². The van der Waals surface area contributed by atoms with Crippen molar-refractivity contribution >= 4 is 17.2 Å². The zero-order chi connectivity index (χ0) is 31.9. The lowest BCUT2D eigenvalue weighted by molar-refractivity contribution is 0.0596. The molecule has 222 valence electrons.